The lowest BCUT2D eigenvalue weighted by Crippen LogP contribution is -2.17. The Balaban J connectivity index is 1.89. The van der Waals surface area contributed by atoms with Gasteiger partial charge in [-0.1, -0.05) is 43.2 Å². The predicted molar refractivity (Wildman–Crippen MR) is 80.5 cm³/mol. The molecule has 0 aromatic heterocycles. The van der Waals surface area contributed by atoms with Crippen LogP contribution in [0.2, 0.25) is 0 Å². The van der Waals surface area contributed by atoms with Crippen LogP contribution in [-0.2, 0) is 9.53 Å². The molecule has 3 heteroatoms. The number of carbonyl (C=O) groups excluding carboxylic acids is 1. The van der Waals surface area contributed by atoms with E-state index in [1.807, 2.05) is 42.1 Å². The molecule has 1 saturated carbocycles. The summed E-state index contributed by atoms with van der Waals surface area (Å²) in [6, 6.07) is 9.96. The van der Waals surface area contributed by atoms with Gasteiger partial charge in [-0.2, -0.15) is 11.8 Å². The SMILES string of the molecule is COC(=O)C(CSCC1CCCC1)c1ccccc1. The zero-order chi connectivity index (χ0) is 13.5. The van der Waals surface area contributed by atoms with Crippen molar-refractivity contribution in [3.63, 3.8) is 0 Å². The van der Waals surface area contributed by atoms with E-state index in [1.54, 1.807) is 0 Å². The van der Waals surface area contributed by atoms with E-state index in [1.165, 1.54) is 38.5 Å². The standard InChI is InChI=1S/C16H22O2S/c1-18-16(17)15(14-9-3-2-4-10-14)12-19-11-13-7-5-6-8-13/h2-4,9-10,13,15H,5-8,11-12H2,1H3. The number of carbonyl (C=O) groups is 1. The van der Waals surface area contributed by atoms with Crippen LogP contribution >= 0.6 is 11.8 Å². The summed E-state index contributed by atoms with van der Waals surface area (Å²) in [6.07, 6.45) is 5.48. The smallest absolute Gasteiger partial charge is 0.313 e. The van der Waals surface area contributed by atoms with E-state index in [0.717, 1.165) is 17.2 Å². The Morgan fingerprint density at radius 3 is 2.63 bits per heavy atom. The van der Waals surface area contributed by atoms with Crippen LogP contribution in [0.4, 0.5) is 0 Å². The summed E-state index contributed by atoms with van der Waals surface area (Å²) in [7, 11) is 1.47. The summed E-state index contributed by atoms with van der Waals surface area (Å²) in [4.78, 5) is 11.9. The molecule has 1 fully saturated rings. The number of methoxy groups -OCH3 is 1. The van der Waals surface area contributed by atoms with Gasteiger partial charge in [-0.25, -0.2) is 0 Å². The van der Waals surface area contributed by atoms with Crippen LogP contribution in [0.25, 0.3) is 0 Å². The molecule has 2 rings (SSSR count). The highest BCUT2D eigenvalue weighted by molar-refractivity contribution is 7.99. The van der Waals surface area contributed by atoms with Gasteiger partial charge >= 0.3 is 5.97 Å². The minimum absolute atomic E-state index is 0.120. The molecule has 0 radical (unpaired) electrons. The first-order valence-electron chi connectivity index (χ1n) is 7.01. The molecule has 1 atom stereocenters. The molecule has 0 saturated heterocycles. The summed E-state index contributed by atoms with van der Waals surface area (Å²) in [5.41, 5.74) is 1.06. The lowest BCUT2D eigenvalue weighted by atomic mass is 10.0. The number of esters is 1. The van der Waals surface area contributed by atoms with Crippen LogP contribution < -0.4 is 0 Å². The molecule has 0 aliphatic heterocycles. The minimum atomic E-state index is -0.127. The average Bonchev–Trinajstić information content (AvgIpc) is 2.97. The molecular weight excluding hydrogens is 256 g/mol. The number of hydrogen-bond acceptors (Lipinski definition) is 3. The number of thioether (sulfide) groups is 1. The second kappa shape index (κ2) is 7.59. The first kappa shape index (κ1) is 14.4. The molecule has 1 aromatic carbocycles. The Hall–Kier alpha value is -0.960. The maximum atomic E-state index is 11.9. The summed E-state index contributed by atoms with van der Waals surface area (Å²) in [5.74, 6) is 2.62. The van der Waals surface area contributed by atoms with E-state index < -0.39 is 0 Å². The molecule has 0 bridgehead atoms. The maximum Gasteiger partial charge on any atom is 0.313 e. The van der Waals surface area contributed by atoms with Crippen molar-refractivity contribution in [3.8, 4) is 0 Å². The van der Waals surface area contributed by atoms with E-state index >= 15 is 0 Å². The van der Waals surface area contributed by atoms with Crippen LogP contribution in [0.1, 0.15) is 37.2 Å². The average molecular weight is 278 g/mol. The van der Waals surface area contributed by atoms with Crippen molar-refractivity contribution in [2.24, 2.45) is 5.92 Å². The maximum absolute atomic E-state index is 11.9. The van der Waals surface area contributed by atoms with Crippen LogP contribution in [0.15, 0.2) is 30.3 Å². The lowest BCUT2D eigenvalue weighted by molar-refractivity contribution is -0.141. The third kappa shape index (κ3) is 4.27. The molecule has 1 aromatic rings. The van der Waals surface area contributed by atoms with Gasteiger partial charge in [0.05, 0.1) is 13.0 Å². The highest BCUT2D eigenvalue weighted by Gasteiger charge is 2.22. The largest absolute Gasteiger partial charge is 0.469 e. The second-order valence-electron chi connectivity index (χ2n) is 5.17. The van der Waals surface area contributed by atoms with Gasteiger partial charge in [0, 0.05) is 5.75 Å². The van der Waals surface area contributed by atoms with Crippen molar-refractivity contribution in [1.82, 2.24) is 0 Å². The molecule has 2 nitrogen and oxygen atoms in total. The highest BCUT2D eigenvalue weighted by atomic mass is 32.2. The predicted octanol–water partition coefficient (Wildman–Crippen LogP) is 3.87. The van der Waals surface area contributed by atoms with Crippen molar-refractivity contribution in [1.29, 1.82) is 0 Å². The van der Waals surface area contributed by atoms with Gasteiger partial charge in [-0.05, 0) is 30.1 Å². The van der Waals surface area contributed by atoms with Gasteiger partial charge in [0.1, 0.15) is 0 Å². The van der Waals surface area contributed by atoms with Crippen LogP contribution in [0, 0.1) is 5.92 Å². The Bertz CT molecular complexity index is 385. The minimum Gasteiger partial charge on any atom is -0.469 e. The summed E-state index contributed by atoms with van der Waals surface area (Å²) in [6.45, 7) is 0. The topological polar surface area (TPSA) is 26.3 Å². The molecule has 1 unspecified atom stereocenters. The Morgan fingerprint density at radius 2 is 2.00 bits per heavy atom. The Kier molecular flexibility index (Phi) is 5.77. The fourth-order valence-corrected chi connectivity index (χ4v) is 4.02. The van der Waals surface area contributed by atoms with Gasteiger partial charge in [0.15, 0.2) is 0 Å². The molecule has 0 spiro atoms. The fourth-order valence-electron chi connectivity index (χ4n) is 2.66. The Morgan fingerprint density at radius 1 is 1.32 bits per heavy atom. The molecule has 1 aliphatic rings. The van der Waals surface area contributed by atoms with E-state index in [0.29, 0.717) is 0 Å². The quantitative estimate of drug-likeness (QED) is 0.739. The zero-order valence-electron chi connectivity index (χ0n) is 11.5. The van der Waals surface area contributed by atoms with Gasteiger partial charge in [-0.3, -0.25) is 4.79 Å². The summed E-state index contributed by atoms with van der Waals surface area (Å²) in [5, 5.41) is 0. The van der Waals surface area contributed by atoms with Crippen molar-refractivity contribution in [3.05, 3.63) is 35.9 Å². The van der Waals surface area contributed by atoms with Gasteiger partial charge in [-0.15, -0.1) is 0 Å². The van der Waals surface area contributed by atoms with Crippen molar-refractivity contribution < 1.29 is 9.53 Å². The van der Waals surface area contributed by atoms with Crippen molar-refractivity contribution >= 4 is 17.7 Å². The second-order valence-corrected chi connectivity index (χ2v) is 6.25. The van der Waals surface area contributed by atoms with Crippen LogP contribution in [0.3, 0.4) is 0 Å². The summed E-state index contributed by atoms with van der Waals surface area (Å²) < 4.78 is 4.94. The third-order valence-corrected chi connectivity index (χ3v) is 5.08. The van der Waals surface area contributed by atoms with Crippen molar-refractivity contribution in [2.45, 2.75) is 31.6 Å². The molecule has 0 amide bonds. The monoisotopic (exact) mass is 278 g/mol. The fraction of sp³-hybridized carbons (Fsp3) is 0.562. The molecular formula is C16H22O2S. The van der Waals surface area contributed by atoms with Gasteiger partial charge < -0.3 is 4.74 Å². The number of rotatable bonds is 6. The molecule has 104 valence electrons. The lowest BCUT2D eigenvalue weighted by Gasteiger charge is -2.16. The van der Waals surface area contributed by atoms with E-state index in [-0.39, 0.29) is 11.9 Å². The normalized spacial score (nSPS) is 17.3. The third-order valence-electron chi connectivity index (χ3n) is 3.80. The number of hydrogen-bond donors (Lipinski definition) is 0. The van der Waals surface area contributed by atoms with E-state index in [9.17, 15) is 4.79 Å². The Labute approximate surface area is 119 Å². The van der Waals surface area contributed by atoms with Gasteiger partial charge in [0.2, 0.25) is 0 Å². The van der Waals surface area contributed by atoms with E-state index in [2.05, 4.69) is 0 Å². The van der Waals surface area contributed by atoms with E-state index in [4.69, 9.17) is 4.74 Å². The molecule has 19 heavy (non-hydrogen) atoms. The molecule has 0 heterocycles. The molecule has 1 aliphatic carbocycles. The zero-order valence-corrected chi connectivity index (χ0v) is 12.3. The first-order valence-corrected chi connectivity index (χ1v) is 8.17. The number of benzene rings is 1. The van der Waals surface area contributed by atoms with Crippen LogP contribution in [0.5, 0.6) is 0 Å². The summed E-state index contributed by atoms with van der Waals surface area (Å²) >= 11 is 1.90. The van der Waals surface area contributed by atoms with Crippen molar-refractivity contribution in [2.75, 3.05) is 18.6 Å². The highest BCUT2D eigenvalue weighted by Crippen LogP contribution is 2.30. The number of ether oxygens (including phenoxy) is 1. The molecule has 0 N–H and O–H groups in total. The van der Waals surface area contributed by atoms with Gasteiger partial charge in [0.25, 0.3) is 0 Å². The van der Waals surface area contributed by atoms with Crippen LogP contribution in [-0.4, -0.2) is 24.6 Å². The first-order chi connectivity index (χ1) is 9.31.